The van der Waals surface area contributed by atoms with Crippen LogP contribution in [0.25, 0.3) is 0 Å². The Balaban J connectivity index is 2.44. The van der Waals surface area contributed by atoms with Crippen LogP contribution in [0.2, 0.25) is 0 Å². The van der Waals surface area contributed by atoms with Crippen molar-refractivity contribution in [3.05, 3.63) is 29.8 Å². The molecule has 1 rings (SSSR count). The number of rotatable bonds is 8. The summed E-state index contributed by atoms with van der Waals surface area (Å²) in [5.41, 5.74) is 0.564. The van der Waals surface area contributed by atoms with E-state index in [2.05, 4.69) is 24.5 Å². The van der Waals surface area contributed by atoms with Crippen LogP contribution in [0.4, 0.5) is 0 Å². The molecule has 0 aliphatic rings. The Morgan fingerprint density at radius 3 is 2.50 bits per heavy atom. The lowest BCUT2D eigenvalue weighted by Gasteiger charge is -2.14. The van der Waals surface area contributed by atoms with Crippen molar-refractivity contribution in [2.45, 2.75) is 52.5 Å². The molecule has 0 aromatic heterocycles. The molecule has 1 aromatic rings. The van der Waals surface area contributed by atoms with E-state index in [1.165, 1.54) is 12.8 Å². The van der Waals surface area contributed by atoms with Gasteiger partial charge in [0, 0.05) is 11.6 Å². The van der Waals surface area contributed by atoms with E-state index in [4.69, 9.17) is 17.0 Å². The van der Waals surface area contributed by atoms with Gasteiger partial charge in [-0.05, 0) is 56.2 Å². The Labute approximate surface area is 138 Å². The summed E-state index contributed by atoms with van der Waals surface area (Å²) in [6.45, 7) is 6.95. The van der Waals surface area contributed by atoms with Crippen LogP contribution >= 0.6 is 12.2 Å². The maximum atomic E-state index is 12.1. The molecule has 0 heterocycles. The highest BCUT2D eigenvalue weighted by molar-refractivity contribution is 7.80. The second-order valence-corrected chi connectivity index (χ2v) is 5.73. The average Bonchev–Trinajstić information content (AvgIpc) is 2.51. The second-order valence-electron chi connectivity index (χ2n) is 5.32. The van der Waals surface area contributed by atoms with Crippen molar-refractivity contribution in [3.8, 4) is 5.75 Å². The van der Waals surface area contributed by atoms with Crippen LogP contribution in [0.15, 0.2) is 24.3 Å². The smallest absolute Gasteiger partial charge is 0.257 e. The van der Waals surface area contributed by atoms with E-state index in [0.717, 1.165) is 18.6 Å². The minimum atomic E-state index is -0.210. The van der Waals surface area contributed by atoms with E-state index < -0.39 is 0 Å². The van der Waals surface area contributed by atoms with Gasteiger partial charge in [0.05, 0.1) is 6.61 Å². The van der Waals surface area contributed by atoms with Crippen molar-refractivity contribution in [1.29, 1.82) is 0 Å². The Hall–Kier alpha value is -1.62. The topological polar surface area (TPSA) is 50.4 Å². The molecule has 0 radical (unpaired) electrons. The molecule has 22 heavy (non-hydrogen) atoms. The van der Waals surface area contributed by atoms with Crippen LogP contribution in [0.5, 0.6) is 5.75 Å². The molecule has 0 fully saturated rings. The molecule has 1 unspecified atom stereocenters. The van der Waals surface area contributed by atoms with Crippen molar-refractivity contribution in [2.75, 3.05) is 6.61 Å². The van der Waals surface area contributed by atoms with Gasteiger partial charge in [-0.25, -0.2) is 0 Å². The summed E-state index contributed by atoms with van der Waals surface area (Å²) in [4.78, 5) is 12.1. The van der Waals surface area contributed by atoms with Crippen molar-refractivity contribution >= 4 is 23.2 Å². The third kappa shape index (κ3) is 6.89. The zero-order valence-corrected chi connectivity index (χ0v) is 14.5. The third-order valence-electron chi connectivity index (χ3n) is 3.35. The van der Waals surface area contributed by atoms with E-state index in [1.54, 1.807) is 12.1 Å². The minimum absolute atomic E-state index is 0.210. The van der Waals surface area contributed by atoms with Crippen molar-refractivity contribution in [1.82, 2.24) is 10.6 Å². The van der Waals surface area contributed by atoms with Gasteiger partial charge < -0.3 is 10.1 Å². The Kier molecular flexibility index (Phi) is 8.51. The summed E-state index contributed by atoms with van der Waals surface area (Å²) in [5.74, 6) is 0.575. The average molecular weight is 322 g/mol. The van der Waals surface area contributed by atoms with Gasteiger partial charge >= 0.3 is 0 Å². The zero-order chi connectivity index (χ0) is 16.4. The zero-order valence-electron chi connectivity index (χ0n) is 13.6. The van der Waals surface area contributed by atoms with Gasteiger partial charge in [-0.15, -0.1) is 0 Å². The molecule has 0 saturated carbocycles. The lowest BCUT2D eigenvalue weighted by molar-refractivity contribution is 0.0976. The number of amides is 1. The number of unbranched alkanes of at least 4 members (excludes halogenated alkanes) is 2. The van der Waals surface area contributed by atoms with Crippen LogP contribution in [-0.2, 0) is 0 Å². The van der Waals surface area contributed by atoms with Crippen molar-refractivity contribution < 1.29 is 9.53 Å². The third-order valence-corrected chi connectivity index (χ3v) is 3.57. The fourth-order valence-corrected chi connectivity index (χ4v) is 2.08. The summed E-state index contributed by atoms with van der Waals surface area (Å²) < 4.78 is 5.62. The molecule has 122 valence electrons. The lowest BCUT2D eigenvalue weighted by atomic mass is 10.2. The van der Waals surface area contributed by atoms with Crippen LogP contribution in [-0.4, -0.2) is 23.7 Å². The molecule has 4 nitrogen and oxygen atoms in total. The normalized spacial score (nSPS) is 11.6. The number of hydrogen-bond acceptors (Lipinski definition) is 3. The lowest BCUT2D eigenvalue weighted by Crippen LogP contribution is -2.43. The van der Waals surface area contributed by atoms with Gasteiger partial charge in [0.2, 0.25) is 0 Å². The Bertz CT molecular complexity index is 474. The van der Waals surface area contributed by atoms with E-state index in [-0.39, 0.29) is 11.9 Å². The molecule has 1 amide bonds. The monoisotopic (exact) mass is 322 g/mol. The van der Waals surface area contributed by atoms with Crippen LogP contribution in [0, 0.1) is 0 Å². The SMILES string of the molecule is CCCCCOc1ccc(C(=O)NC(=S)NC(C)CC)cc1. The number of hydrogen-bond donors (Lipinski definition) is 2. The first-order valence-corrected chi connectivity index (χ1v) is 8.32. The molecule has 2 N–H and O–H groups in total. The number of nitrogens with one attached hydrogen (secondary N) is 2. The van der Waals surface area contributed by atoms with Gasteiger partial charge in [-0.2, -0.15) is 0 Å². The van der Waals surface area contributed by atoms with Crippen LogP contribution in [0.3, 0.4) is 0 Å². The minimum Gasteiger partial charge on any atom is -0.494 e. The van der Waals surface area contributed by atoms with E-state index in [1.807, 2.05) is 19.1 Å². The predicted octanol–water partition coefficient (Wildman–Crippen LogP) is 3.66. The standard InChI is InChI=1S/C17H26N2O2S/c1-4-6-7-12-21-15-10-8-14(9-11-15)16(20)19-17(22)18-13(3)5-2/h8-11,13H,4-7,12H2,1-3H3,(H2,18,19,20,22). The van der Waals surface area contributed by atoms with Crippen molar-refractivity contribution in [2.24, 2.45) is 0 Å². The molecule has 1 atom stereocenters. The molecule has 5 heteroatoms. The van der Waals surface area contributed by atoms with Crippen LogP contribution in [0.1, 0.15) is 56.8 Å². The molecular formula is C17H26N2O2S. The van der Waals surface area contributed by atoms with E-state index >= 15 is 0 Å². The van der Waals surface area contributed by atoms with Crippen LogP contribution < -0.4 is 15.4 Å². The summed E-state index contributed by atoms with van der Waals surface area (Å²) in [7, 11) is 0. The number of carbonyl (C=O) groups is 1. The van der Waals surface area contributed by atoms with E-state index in [9.17, 15) is 4.79 Å². The summed E-state index contributed by atoms with van der Waals surface area (Å²) >= 11 is 5.11. The highest BCUT2D eigenvalue weighted by atomic mass is 32.1. The maximum Gasteiger partial charge on any atom is 0.257 e. The molecule has 0 aliphatic carbocycles. The second kappa shape index (κ2) is 10.2. The fourth-order valence-electron chi connectivity index (χ4n) is 1.78. The van der Waals surface area contributed by atoms with Crippen molar-refractivity contribution in [3.63, 3.8) is 0 Å². The molecular weight excluding hydrogens is 296 g/mol. The summed E-state index contributed by atoms with van der Waals surface area (Å²) in [5, 5.41) is 6.10. The Morgan fingerprint density at radius 2 is 1.91 bits per heavy atom. The molecule has 0 saturated heterocycles. The number of thiocarbonyl (C=S) groups is 1. The fraction of sp³-hybridized carbons (Fsp3) is 0.529. The largest absolute Gasteiger partial charge is 0.494 e. The predicted molar refractivity (Wildman–Crippen MR) is 94.4 cm³/mol. The highest BCUT2D eigenvalue weighted by Gasteiger charge is 2.09. The van der Waals surface area contributed by atoms with Gasteiger partial charge in [0.15, 0.2) is 5.11 Å². The first-order valence-electron chi connectivity index (χ1n) is 7.91. The molecule has 0 aliphatic heterocycles. The van der Waals surface area contributed by atoms with Gasteiger partial charge in [0.1, 0.15) is 5.75 Å². The van der Waals surface area contributed by atoms with Gasteiger partial charge in [-0.1, -0.05) is 26.7 Å². The molecule has 0 spiro atoms. The van der Waals surface area contributed by atoms with Gasteiger partial charge in [-0.3, -0.25) is 10.1 Å². The Morgan fingerprint density at radius 1 is 1.23 bits per heavy atom. The van der Waals surface area contributed by atoms with E-state index in [0.29, 0.717) is 17.3 Å². The summed E-state index contributed by atoms with van der Waals surface area (Å²) in [6.07, 6.45) is 4.34. The first kappa shape index (κ1) is 18.4. The number of ether oxygens (including phenoxy) is 1. The molecule has 1 aromatic carbocycles. The first-order chi connectivity index (χ1) is 10.6. The highest BCUT2D eigenvalue weighted by Crippen LogP contribution is 2.13. The quantitative estimate of drug-likeness (QED) is 0.566. The number of carbonyl (C=O) groups excluding carboxylic acids is 1. The number of benzene rings is 1. The maximum absolute atomic E-state index is 12.1. The summed E-state index contributed by atoms with van der Waals surface area (Å²) in [6, 6.07) is 7.36. The van der Waals surface area contributed by atoms with Gasteiger partial charge in [0.25, 0.3) is 5.91 Å². The molecule has 0 bridgehead atoms.